The normalized spacial score (nSPS) is 32.6. The van der Waals surface area contributed by atoms with E-state index in [0.29, 0.717) is 56.1 Å². The van der Waals surface area contributed by atoms with Gasteiger partial charge in [-0.3, -0.25) is 0 Å². The average Bonchev–Trinajstić information content (AvgIpc) is 2.93. The Balaban J connectivity index is 1.80. The second kappa shape index (κ2) is 12.5. The van der Waals surface area contributed by atoms with Crippen LogP contribution in [0.1, 0.15) is 59.9 Å². The van der Waals surface area contributed by atoms with E-state index in [0.717, 1.165) is 17.6 Å². The SMILES string of the molecule is C=C[C@@]1(COCc2ccccc2)C(CO[Si](C(C)C)(C(C)C)C(C)C)=CC[C@@]23[C@@H](CCO[C@]21OC)COC[C@H]3O. The third-order valence-corrected chi connectivity index (χ3v) is 16.5. The van der Waals surface area contributed by atoms with Crippen LogP contribution >= 0.6 is 0 Å². The Labute approximate surface area is 243 Å². The number of rotatable bonds is 12. The molecule has 0 bridgehead atoms. The predicted molar refractivity (Wildman–Crippen MR) is 161 cm³/mol. The van der Waals surface area contributed by atoms with E-state index < -0.39 is 31.0 Å². The summed E-state index contributed by atoms with van der Waals surface area (Å²) in [5, 5.41) is 11.7. The summed E-state index contributed by atoms with van der Waals surface area (Å²) >= 11 is 0. The second-order valence-corrected chi connectivity index (χ2v) is 18.4. The zero-order valence-corrected chi connectivity index (χ0v) is 26.8. The molecule has 224 valence electrons. The minimum Gasteiger partial charge on any atom is -0.412 e. The van der Waals surface area contributed by atoms with E-state index in [2.05, 4.69) is 66.3 Å². The average molecular weight is 573 g/mol. The number of methoxy groups -OCH3 is 1. The van der Waals surface area contributed by atoms with E-state index in [1.54, 1.807) is 7.11 Å². The highest BCUT2D eigenvalue weighted by atomic mass is 28.4. The van der Waals surface area contributed by atoms with Crippen LogP contribution < -0.4 is 0 Å². The molecule has 2 aliphatic heterocycles. The molecule has 7 heteroatoms. The van der Waals surface area contributed by atoms with Gasteiger partial charge in [0.1, 0.15) is 0 Å². The van der Waals surface area contributed by atoms with E-state index in [1.807, 2.05) is 24.3 Å². The molecule has 0 amide bonds. The maximum absolute atomic E-state index is 11.7. The highest BCUT2D eigenvalue weighted by Crippen LogP contribution is 2.65. The first kappa shape index (κ1) is 31.6. The number of aliphatic hydroxyl groups excluding tert-OH is 1. The molecular weight excluding hydrogens is 520 g/mol. The molecule has 4 rings (SSSR count). The maximum atomic E-state index is 11.7. The third kappa shape index (κ3) is 4.79. The highest BCUT2D eigenvalue weighted by molar-refractivity contribution is 6.77. The van der Waals surface area contributed by atoms with Crippen molar-refractivity contribution in [2.24, 2.45) is 16.7 Å². The first-order chi connectivity index (χ1) is 19.1. The third-order valence-electron chi connectivity index (χ3n) is 10.4. The van der Waals surface area contributed by atoms with Gasteiger partial charge in [0.25, 0.3) is 0 Å². The fourth-order valence-electron chi connectivity index (χ4n) is 8.60. The molecule has 2 fully saturated rings. The van der Waals surface area contributed by atoms with Crippen LogP contribution in [0.15, 0.2) is 54.6 Å². The lowest BCUT2D eigenvalue weighted by atomic mass is 9.49. The van der Waals surface area contributed by atoms with Crippen molar-refractivity contribution in [1.29, 1.82) is 0 Å². The van der Waals surface area contributed by atoms with Crippen LogP contribution in [0.3, 0.4) is 0 Å². The molecule has 1 aromatic rings. The number of ether oxygens (including phenoxy) is 4. The smallest absolute Gasteiger partial charge is 0.200 e. The largest absolute Gasteiger partial charge is 0.412 e. The van der Waals surface area contributed by atoms with Crippen LogP contribution in [-0.4, -0.2) is 65.5 Å². The Morgan fingerprint density at radius 3 is 2.33 bits per heavy atom. The van der Waals surface area contributed by atoms with Gasteiger partial charge in [-0.05, 0) is 46.5 Å². The standard InChI is InChI=1S/C33H52O6Si/c1-9-31(23-37-19-27-13-11-10-12-14-27)28(21-39-40(24(2)3,25(4)5)26(6)7)15-17-32-29(20-36-22-30(32)34)16-18-38-33(31,32)35-8/h9-15,24-26,29-30,34H,1,16-23H2,2-8H3/t29-,30+,31+,32-,33-/m0/s1. The van der Waals surface area contributed by atoms with Gasteiger partial charge in [-0.25, -0.2) is 0 Å². The number of benzene rings is 1. The Hall–Kier alpha value is -1.32. The molecule has 2 saturated heterocycles. The molecule has 40 heavy (non-hydrogen) atoms. The fourth-order valence-corrected chi connectivity index (χ4v) is 14.0. The van der Waals surface area contributed by atoms with Gasteiger partial charge in [0.05, 0.1) is 56.6 Å². The molecule has 1 aromatic carbocycles. The highest BCUT2D eigenvalue weighted by Gasteiger charge is 2.73. The number of aliphatic hydroxyl groups is 1. The van der Waals surface area contributed by atoms with Crippen molar-refractivity contribution in [3.63, 3.8) is 0 Å². The van der Waals surface area contributed by atoms with Gasteiger partial charge in [0.15, 0.2) is 5.79 Å². The first-order valence-corrected chi connectivity index (χ1v) is 17.3. The summed E-state index contributed by atoms with van der Waals surface area (Å²) in [6.45, 7) is 20.8. The molecule has 0 aromatic heterocycles. The van der Waals surface area contributed by atoms with Crippen molar-refractivity contribution in [1.82, 2.24) is 0 Å². The summed E-state index contributed by atoms with van der Waals surface area (Å²) in [7, 11) is -0.456. The number of allylic oxidation sites excluding steroid dienone is 1. The zero-order chi connectivity index (χ0) is 29.2. The minimum absolute atomic E-state index is 0.0903. The topological polar surface area (TPSA) is 66.4 Å². The first-order valence-electron chi connectivity index (χ1n) is 15.1. The summed E-state index contributed by atoms with van der Waals surface area (Å²) < 4.78 is 32.9. The molecule has 3 aliphatic rings. The summed E-state index contributed by atoms with van der Waals surface area (Å²) in [5.41, 5.74) is 1.99. The van der Waals surface area contributed by atoms with Gasteiger partial charge in [0, 0.05) is 7.11 Å². The van der Waals surface area contributed by atoms with E-state index in [9.17, 15) is 5.11 Å². The van der Waals surface area contributed by atoms with Crippen molar-refractivity contribution < 1.29 is 28.5 Å². The molecule has 5 atom stereocenters. The van der Waals surface area contributed by atoms with Crippen LogP contribution in [0.5, 0.6) is 0 Å². The lowest BCUT2D eigenvalue weighted by Crippen LogP contribution is -2.75. The van der Waals surface area contributed by atoms with Crippen molar-refractivity contribution in [3.8, 4) is 0 Å². The van der Waals surface area contributed by atoms with Gasteiger partial charge < -0.3 is 28.5 Å². The summed E-state index contributed by atoms with van der Waals surface area (Å²) in [5.74, 6) is -1.08. The molecule has 1 N–H and O–H groups in total. The molecule has 6 nitrogen and oxygen atoms in total. The van der Waals surface area contributed by atoms with Crippen molar-refractivity contribution in [3.05, 3.63) is 60.2 Å². The molecule has 0 saturated carbocycles. The molecule has 2 heterocycles. The monoisotopic (exact) mass is 572 g/mol. The lowest BCUT2D eigenvalue weighted by Gasteiger charge is -2.67. The zero-order valence-electron chi connectivity index (χ0n) is 25.8. The summed E-state index contributed by atoms with van der Waals surface area (Å²) in [4.78, 5) is 0. The fraction of sp³-hybridized carbons (Fsp3) is 0.697. The van der Waals surface area contributed by atoms with Crippen LogP contribution in [0.25, 0.3) is 0 Å². The number of hydrogen-bond acceptors (Lipinski definition) is 6. The van der Waals surface area contributed by atoms with Gasteiger partial charge >= 0.3 is 0 Å². The van der Waals surface area contributed by atoms with Crippen LogP contribution in [0, 0.1) is 16.7 Å². The number of hydrogen-bond donors (Lipinski definition) is 1. The van der Waals surface area contributed by atoms with Crippen LogP contribution in [-0.2, 0) is 30.0 Å². The molecule has 1 aliphatic carbocycles. The Kier molecular flexibility index (Phi) is 9.88. The Morgan fingerprint density at radius 2 is 1.73 bits per heavy atom. The van der Waals surface area contributed by atoms with Crippen LogP contribution in [0.2, 0.25) is 16.6 Å². The van der Waals surface area contributed by atoms with Crippen molar-refractivity contribution >= 4 is 8.32 Å². The van der Waals surface area contributed by atoms with E-state index >= 15 is 0 Å². The van der Waals surface area contributed by atoms with E-state index in [1.165, 1.54) is 0 Å². The van der Waals surface area contributed by atoms with Gasteiger partial charge in [-0.2, -0.15) is 0 Å². The molecule has 1 spiro atoms. The summed E-state index contributed by atoms with van der Waals surface area (Å²) in [6.07, 6.45) is 4.92. The molecular formula is C33H52O6Si. The molecule has 0 unspecified atom stereocenters. The molecule has 0 radical (unpaired) electrons. The Morgan fingerprint density at radius 1 is 1.05 bits per heavy atom. The van der Waals surface area contributed by atoms with Gasteiger partial charge in [-0.1, -0.05) is 84.0 Å². The van der Waals surface area contributed by atoms with Crippen molar-refractivity contribution in [2.75, 3.05) is 40.1 Å². The lowest BCUT2D eigenvalue weighted by molar-refractivity contribution is -0.400. The summed E-state index contributed by atoms with van der Waals surface area (Å²) in [6, 6.07) is 10.2. The van der Waals surface area contributed by atoms with E-state index in [4.69, 9.17) is 23.4 Å². The predicted octanol–water partition coefficient (Wildman–Crippen LogP) is 6.65. The van der Waals surface area contributed by atoms with E-state index in [-0.39, 0.29) is 12.5 Å². The Bertz CT molecular complexity index is 1000. The van der Waals surface area contributed by atoms with Crippen LogP contribution in [0.4, 0.5) is 0 Å². The van der Waals surface area contributed by atoms with Gasteiger partial charge in [0.2, 0.25) is 8.32 Å². The quantitative estimate of drug-likeness (QED) is 0.223. The van der Waals surface area contributed by atoms with Gasteiger partial charge in [-0.15, -0.1) is 6.58 Å². The minimum atomic E-state index is -2.17. The maximum Gasteiger partial charge on any atom is 0.200 e. The second-order valence-electron chi connectivity index (χ2n) is 12.9. The van der Waals surface area contributed by atoms with Crippen molar-refractivity contribution in [2.45, 2.75) is 89.5 Å².